The fraction of sp³-hybridized carbons (Fsp3) is 0. The van der Waals surface area contributed by atoms with E-state index in [2.05, 4.69) is 11.1 Å². The highest BCUT2D eigenvalue weighted by Crippen LogP contribution is 2.12. The van der Waals surface area contributed by atoms with Crippen molar-refractivity contribution in [3.05, 3.63) is 36.5 Å². The summed E-state index contributed by atoms with van der Waals surface area (Å²) in [5.74, 6) is 0. The summed E-state index contributed by atoms with van der Waals surface area (Å²) in [5.41, 5.74) is 7.20. The monoisotopic (exact) mass is 143 g/mol. The van der Waals surface area contributed by atoms with Crippen LogP contribution in [0.2, 0.25) is 0 Å². The molecule has 0 saturated heterocycles. The third kappa shape index (κ3) is 1.03. The normalized spacial score (nSPS) is 10.2. The molecular formula is C9H7N2. The zero-order valence-corrected chi connectivity index (χ0v) is 5.91. The van der Waals surface area contributed by atoms with Crippen LogP contribution in [0.15, 0.2) is 30.5 Å². The highest BCUT2D eigenvalue weighted by atomic mass is 14.7. The predicted molar refractivity (Wildman–Crippen MR) is 45.0 cm³/mol. The van der Waals surface area contributed by atoms with Crippen molar-refractivity contribution < 1.29 is 0 Å². The van der Waals surface area contributed by atoms with Crippen molar-refractivity contribution in [1.29, 1.82) is 0 Å². The van der Waals surface area contributed by atoms with E-state index >= 15 is 0 Å². The molecule has 2 heteroatoms. The van der Waals surface area contributed by atoms with E-state index in [0.717, 1.165) is 10.9 Å². The second kappa shape index (κ2) is 2.23. The quantitative estimate of drug-likeness (QED) is 0.608. The molecular weight excluding hydrogens is 136 g/mol. The topological polar surface area (TPSA) is 38.9 Å². The largest absolute Gasteiger partial charge is 0.397 e. The van der Waals surface area contributed by atoms with E-state index < -0.39 is 0 Å². The number of hydrogen-bond acceptors (Lipinski definition) is 2. The Morgan fingerprint density at radius 3 is 3.27 bits per heavy atom. The molecule has 2 N–H and O–H groups in total. The number of rotatable bonds is 0. The summed E-state index contributed by atoms with van der Waals surface area (Å²) in [4.78, 5) is 4.14. The van der Waals surface area contributed by atoms with Gasteiger partial charge in [-0.15, -0.1) is 0 Å². The van der Waals surface area contributed by atoms with Crippen molar-refractivity contribution in [1.82, 2.24) is 4.98 Å². The van der Waals surface area contributed by atoms with E-state index in [1.807, 2.05) is 24.3 Å². The van der Waals surface area contributed by atoms with Gasteiger partial charge < -0.3 is 5.73 Å². The van der Waals surface area contributed by atoms with Gasteiger partial charge in [-0.05, 0) is 24.3 Å². The predicted octanol–water partition coefficient (Wildman–Crippen LogP) is 1.62. The minimum absolute atomic E-state index is 0.692. The lowest BCUT2D eigenvalue weighted by molar-refractivity contribution is 1.41. The molecule has 0 unspecified atom stereocenters. The Morgan fingerprint density at radius 2 is 2.36 bits per heavy atom. The Kier molecular flexibility index (Phi) is 1.25. The third-order valence-electron chi connectivity index (χ3n) is 1.55. The maximum absolute atomic E-state index is 5.55. The number of nitrogens with two attached hydrogens (primary N) is 1. The van der Waals surface area contributed by atoms with Gasteiger partial charge in [0, 0.05) is 5.39 Å². The van der Waals surface area contributed by atoms with Gasteiger partial charge in [-0.25, -0.2) is 0 Å². The smallest absolute Gasteiger partial charge is 0.0704 e. The van der Waals surface area contributed by atoms with Crippen LogP contribution in [0.1, 0.15) is 0 Å². The summed E-state index contributed by atoms with van der Waals surface area (Å²) >= 11 is 0. The second-order valence-electron chi connectivity index (χ2n) is 2.39. The van der Waals surface area contributed by atoms with Crippen molar-refractivity contribution in [3.8, 4) is 0 Å². The summed E-state index contributed by atoms with van der Waals surface area (Å²) in [6.45, 7) is 0. The zero-order valence-electron chi connectivity index (χ0n) is 5.91. The van der Waals surface area contributed by atoms with Crippen LogP contribution in [-0.2, 0) is 0 Å². The number of nitrogens with zero attached hydrogens (tertiary/aromatic N) is 1. The van der Waals surface area contributed by atoms with E-state index in [1.54, 1.807) is 6.20 Å². The minimum atomic E-state index is 0.692. The highest BCUT2D eigenvalue weighted by molar-refractivity contribution is 5.80. The van der Waals surface area contributed by atoms with Crippen LogP contribution in [0.5, 0.6) is 0 Å². The fourth-order valence-corrected chi connectivity index (χ4v) is 1.03. The Labute approximate surface area is 64.7 Å². The van der Waals surface area contributed by atoms with Crippen molar-refractivity contribution in [2.24, 2.45) is 0 Å². The third-order valence-corrected chi connectivity index (χ3v) is 1.55. The van der Waals surface area contributed by atoms with Crippen molar-refractivity contribution in [3.63, 3.8) is 0 Å². The second-order valence-corrected chi connectivity index (χ2v) is 2.39. The Balaban J connectivity index is 2.83. The average Bonchev–Trinajstić information content (AvgIpc) is 2.04. The molecule has 2 aromatic rings. The SMILES string of the molecule is Nc1cnc2cc[c]cc2c1. The van der Waals surface area contributed by atoms with Crippen molar-refractivity contribution >= 4 is 16.6 Å². The molecule has 0 spiro atoms. The molecule has 0 aliphatic rings. The van der Waals surface area contributed by atoms with Crippen molar-refractivity contribution in [2.45, 2.75) is 0 Å². The molecule has 1 radical (unpaired) electrons. The maximum atomic E-state index is 5.55. The minimum Gasteiger partial charge on any atom is -0.397 e. The Morgan fingerprint density at radius 1 is 1.45 bits per heavy atom. The van der Waals surface area contributed by atoms with Gasteiger partial charge in [0.2, 0.25) is 0 Å². The van der Waals surface area contributed by atoms with Crippen LogP contribution in [0.25, 0.3) is 10.9 Å². The number of fused-ring (bicyclic) bond motifs is 1. The lowest BCUT2D eigenvalue weighted by Gasteiger charge is -1.95. The standard InChI is InChI=1S/C9H7N2/c10-8-5-7-3-1-2-4-9(7)11-6-8/h2-6H,10H2. The van der Waals surface area contributed by atoms with Crippen molar-refractivity contribution in [2.75, 3.05) is 5.73 Å². The van der Waals surface area contributed by atoms with Gasteiger partial charge in [0.1, 0.15) is 0 Å². The molecule has 0 amide bonds. The number of nitrogen functional groups attached to an aromatic ring is 1. The zero-order chi connectivity index (χ0) is 7.68. The van der Waals surface area contributed by atoms with Crippen LogP contribution < -0.4 is 5.73 Å². The molecule has 0 aliphatic heterocycles. The summed E-state index contributed by atoms with van der Waals surface area (Å²) in [6.07, 6.45) is 1.66. The van der Waals surface area contributed by atoms with Crippen LogP contribution >= 0.6 is 0 Å². The first-order chi connectivity index (χ1) is 5.36. The number of aromatic nitrogens is 1. The van der Waals surface area contributed by atoms with E-state index in [1.165, 1.54) is 0 Å². The highest BCUT2D eigenvalue weighted by Gasteiger charge is 1.91. The number of pyridine rings is 1. The Hall–Kier alpha value is -1.57. The van der Waals surface area contributed by atoms with Gasteiger partial charge in [0.05, 0.1) is 17.4 Å². The van der Waals surface area contributed by atoms with E-state index in [0.29, 0.717) is 5.69 Å². The molecule has 2 nitrogen and oxygen atoms in total. The summed E-state index contributed by atoms with van der Waals surface area (Å²) in [6, 6.07) is 10.5. The molecule has 1 aromatic carbocycles. The number of anilines is 1. The first-order valence-corrected chi connectivity index (χ1v) is 3.37. The fourth-order valence-electron chi connectivity index (χ4n) is 1.03. The van der Waals surface area contributed by atoms with Crippen LogP contribution in [0, 0.1) is 6.07 Å². The molecule has 0 fully saturated rings. The Bertz CT molecular complexity index is 382. The number of benzene rings is 1. The van der Waals surface area contributed by atoms with Gasteiger partial charge in [0.15, 0.2) is 0 Å². The molecule has 1 aromatic heterocycles. The van der Waals surface area contributed by atoms with E-state index in [9.17, 15) is 0 Å². The lowest BCUT2D eigenvalue weighted by Crippen LogP contribution is -1.86. The lowest BCUT2D eigenvalue weighted by atomic mass is 10.2. The summed E-state index contributed by atoms with van der Waals surface area (Å²) in [7, 11) is 0. The van der Waals surface area contributed by atoms with Crippen LogP contribution in [0.3, 0.4) is 0 Å². The van der Waals surface area contributed by atoms with Crippen LogP contribution in [-0.4, -0.2) is 4.98 Å². The molecule has 0 saturated carbocycles. The molecule has 0 atom stereocenters. The van der Waals surface area contributed by atoms with Gasteiger partial charge in [0.25, 0.3) is 0 Å². The molecule has 0 aliphatic carbocycles. The van der Waals surface area contributed by atoms with E-state index in [-0.39, 0.29) is 0 Å². The van der Waals surface area contributed by atoms with Gasteiger partial charge in [-0.2, -0.15) is 0 Å². The first-order valence-electron chi connectivity index (χ1n) is 3.37. The summed E-state index contributed by atoms with van der Waals surface area (Å²) in [5, 5.41) is 1.03. The van der Waals surface area contributed by atoms with Crippen LogP contribution in [0.4, 0.5) is 5.69 Å². The molecule has 2 rings (SSSR count). The molecule has 11 heavy (non-hydrogen) atoms. The summed E-state index contributed by atoms with van der Waals surface area (Å²) < 4.78 is 0. The average molecular weight is 143 g/mol. The maximum Gasteiger partial charge on any atom is 0.0704 e. The molecule has 0 bridgehead atoms. The first kappa shape index (κ1) is 6.16. The number of hydrogen-bond donors (Lipinski definition) is 1. The van der Waals surface area contributed by atoms with Gasteiger partial charge >= 0.3 is 0 Å². The van der Waals surface area contributed by atoms with Gasteiger partial charge in [-0.3, -0.25) is 4.98 Å². The van der Waals surface area contributed by atoms with Gasteiger partial charge in [-0.1, -0.05) is 6.07 Å². The van der Waals surface area contributed by atoms with E-state index in [4.69, 9.17) is 5.73 Å². The molecule has 1 heterocycles. The molecule has 53 valence electrons.